The highest BCUT2D eigenvalue weighted by atomic mass is 35.5. The summed E-state index contributed by atoms with van der Waals surface area (Å²) in [6, 6.07) is 14.3. The number of carbonyl (C=O) groups excluding carboxylic acids is 2. The molecule has 1 atom stereocenters. The van der Waals surface area contributed by atoms with E-state index in [2.05, 4.69) is 12.2 Å². The van der Waals surface area contributed by atoms with E-state index in [1.54, 1.807) is 24.0 Å². The lowest BCUT2D eigenvalue weighted by molar-refractivity contribution is -0.142. The monoisotopic (exact) mass is 430 g/mol. The Morgan fingerprint density at radius 2 is 1.60 bits per heavy atom. The second kappa shape index (κ2) is 11.6. The summed E-state index contributed by atoms with van der Waals surface area (Å²) < 4.78 is 5.69. The van der Waals surface area contributed by atoms with Gasteiger partial charge in [-0.2, -0.15) is 0 Å². The van der Waals surface area contributed by atoms with E-state index in [0.29, 0.717) is 29.8 Å². The molecule has 6 heteroatoms. The minimum Gasteiger partial charge on any atom is -0.484 e. The number of hydrogen-bond acceptors (Lipinski definition) is 3. The van der Waals surface area contributed by atoms with Gasteiger partial charge in [0.1, 0.15) is 11.8 Å². The molecule has 1 N–H and O–H groups in total. The molecule has 2 rings (SSSR count). The van der Waals surface area contributed by atoms with Crippen molar-refractivity contribution in [3.8, 4) is 5.75 Å². The number of halogens is 1. The van der Waals surface area contributed by atoms with Crippen LogP contribution in [0.15, 0.2) is 48.5 Å². The van der Waals surface area contributed by atoms with Crippen molar-refractivity contribution in [3.63, 3.8) is 0 Å². The van der Waals surface area contributed by atoms with Gasteiger partial charge in [-0.25, -0.2) is 0 Å². The molecule has 0 spiro atoms. The quantitative estimate of drug-likeness (QED) is 0.605. The number of carbonyl (C=O) groups is 2. The summed E-state index contributed by atoms with van der Waals surface area (Å²) >= 11 is 5.97. The van der Waals surface area contributed by atoms with E-state index in [4.69, 9.17) is 16.3 Å². The number of hydrogen-bond donors (Lipinski definition) is 1. The smallest absolute Gasteiger partial charge is 0.261 e. The van der Waals surface area contributed by atoms with Crippen LogP contribution in [0.5, 0.6) is 5.75 Å². The van der Waals surface area contributed by atoms with Crippen LogP contribution in [0.2, 0.25) is 5.02 Å². The van der Waals surface area contributed by atoms with Crippen LogP contribution >= 0.6 is 11.6 Å². The van der Waals surface area contributed by atoms with Crippen molar-refractivity contribution in [2.24, 2.45) is 5.92 Å². The summed E-state index contributed by atoms with van der Waals surface area (Å²) in [6.45, 7) is 8.59. The normalized spacial score (nSPS) is 11.8. The standard InChI is InChI=1S/C24H31ClN2O3/c1-5-19-8-12-22(13-9-19)30-16-23(28)27(15-20-6-10-21(25)11-7-20)18(4)24(29)26-14-17(2)3/h6-13,17-18H,5,14-16H2,1-4H3,(H,26,29). The third kappa shape index (κ3) is 7.38. The van der Waals surface area contributed by atoms with Crippen molar-refractivity contribution in [1.82, 2.24) is 10.2 Å². The Morgan fingerprint density at radius 1 is 1.00 bits per heavy atom. The van der Waals surface area contributed by atoms with Crippen molar-refractivity contribution in [2.45, 2.75) is 46.7 Å². The van der Waals surface area contributed by atoms with Gasteiger partial charge in [0.2, 0.25) is 5.91 Å². The molecule has 0 aliphatic rings. The fourth-order valence-electron chi connectivity index (χ4n) is 2.87. The zero-order valence-electron chi connectivity index (χ0n) is 18.2. The van der Waals surface area contributed by atoms with E-state index >= 15 is 0 Å². The van der Waals surface area contributed by atoms with Gasteiger partial charge in [-0.15, -0.1) is 0 Å². The van der Waals surface area contributed by atoms with E-state index < -0.39 is 6.04 Å². The van der Waals surface area contributed by atoms with Gasteiger partial charge in [-0.3, -0.25) is 9.59 Å². The molecule has 162 valence electrons. The molecular weight excluding hydrogens is 400 g/mol. The zero-order valence-corrected chi connectivity index (χ0v) is 18.9. The summed E-state index contributed by atoms with van der Waals surface area (Å²) in [5.74, 6) is 0.523. The minimum atomic E-state index is -0.627. The van der Waals surface area contributed by atoms with Crippen LogP contribution in [-0.4, -0.2) is 35.9 Å². The van der Waals surface area contributed by atoms with E-state index in [9.17, 15) is 9.59 Å². The van der Waals surface area contributed by atoms with Crippen LogP contribution in [0.3, 0.4) is 0 Å². The molecule has 0 aromatic heterocycles. The first-order chi connectivity index (χ1) is 14.3. The molecule has 2 aromatic carbocycles. The molecular formula is C24H31ClN2O3. The van der Waals surface area contributed by atoms with Crippen molar-refractivity contribution in [2.75, 3.05) is 13.2 Å². The topological polar surface area (TPSA) is 58.6 Å². The summed E-state index contributed by atoms with van der Waals surface area (Å²) in [5.41, 5.74) is 2.09. The Hall–Kier alpha value is -2.53. The summed E-state index contributed by atoms with van der Waals surface area (Å²) in [6.07, 6.45) is 0.942. The average Bonchev–Trinajstić information content (AvgIpc) is 2.75. The largest absolute Gasteiger partial charge is 0.484 e. The molecule has 2 amide bonds. The van der Waals surface area contributed by atoms with Gasteiger partial charge in [0.05, 0.1) is 0 Å². The van der Waals surface area contributed by atoms with Crippen LogP contribution in [0.25, 0.3) is 0 Å². The van der Waals surface area contributed by atoms with Crippen LogP contribution in [0.1, 0.15) is 38.8 Å². The number of aryl methyl sites for hydroxylation is 1. The third-order valence-corrected chi connectivity index (χ3v) is 5.06. The molecule has 0 aliphatic heterocycles. The van der Waals surface area contributed by atoms with Crippen LogP contribution < -0.4 is 10.1 Å². The molecule has 0 saturated heterocycles. The first kappa shape index (κ1) is 23.7. The minimum absolute atomic E-state index is 0.138. The molecule has 0 saturated carbocycles. The fourth-order valence-corrected chi connectivity index (χ4v) is 3.00. The lowest BCUT2D eigenvalue weighted by Crippen LogP contribution is -2.49. The summed E-state index contributed by atoms with van der Waals surface area (Å²) in [7, 11) is 0. The summed E-state index contributed by atoms with van der Waals surface area (Å²) in [4.78, 5) is 27.1. The van der Waals surface area contributed by atoms with Gasteiger partial charge in [-0.05, 0) is 54.7 Å². The second-order valence-electron chi connectivity index (χ2n) is 7.75. The number of benzene rings is 2. The maximum Gasteiger partial charge on any atom is 0.261 e. The Morgan fingerprint density at radius 3 is 2.17 bits per heavy atom. The Kier molecular flexibility index (Phi) is 9.18. The number of nitrogens with zero attached hydrogens (tertiary/aromatic N) is 1. The highest BCUT2D eigenvalue weighted by Crippen LogP contribution is 2.16. The number of nitrogens with one attached hydrogen (secondary N) is 1. The molecule has 1 unspecified atom stereocenters. The van der Waals surface area contributed by atoms with Gasteiger partial charge in [0.25, 0.3) is 5.91 Å². The van der Waals surface area contributed by atoms with Gasteiger partial charge in [-0.1, -0.05) is 56.6 Å². The van der Waals surface area contributed by atoms with E-state index in [1.807, 2.05) is 50.2 Å². The Bertz CT molecular complexity index is 819. The second-order valence-corrected chi connectivity index (χ2v) is 8.19. The maximum atomic E-state index is 13.0. The zero-order chi connectivity index (χ0) is 22.1. The fraction of sp³-hybridized carbons (Fsp3) is 0.417. The third-order valence-electron chi connectivity index (χ3n) is 4.81. The predicted molar refractivity (Wildman–Crippen MR) is 121 cm³/mol. The van der Waals surface area contributed by atoms with E-state index in [0.717, 1.165) is 12.0 Å². The van der Waals surface area contributed by atoms with Crippen molar-refractivity contribution in [1.29, 1.82) is 0 Å². The van der Waals surface area contributed by atoms with Crippen molar-refractivity contribution in [3.05, 3.63) is 64.7 Å². The average molecular weight is 431 g/mol. The molecule has 0 heterocycles. The highest BCUT2D eigenvalue weighted by Gasteiger charge is 2.26. The Labute approximate surface area is 184 Å². The van der Waals surface area contributed by atoms with Gasteiger partial charge in [0.15, 0.2) is 6.61 Å². The number of amides is 2. The molecule has 30 heavy (non-hydrogen) atoms. The van der Waals surface area contributed by atoms with Crippen molar-refractivity contribution >= 4 is 23.4 Å². The lowest BCUT2D eigenvalue weighted by Gasteiger charge is -2.29. The Balaban J connectivity index is 2.10. The molecule has 2 aromatic rings. The van der Waals surface area contributed by atoms with Gasteiger partial charge >= 0.3 is 0 Å². The van der Waals surface area contributed by atoms with Gasteiger partial charge in [0, 0.05) is 18.1 Å². The molecule has 0 fully saturated rings. The maximum absolute atomic E-state index is 13.0. The van der Waals surface area contributed by atoms with Crippen molar-refractivity contribution < 1.29 is 14.3 Å². The van der Waals surface area contributed by atoms with Crippen LogP contribution in [0, 0.1) is 5.92 Å². The van der Waals surface area contributed by atoms with Crippen LogP contribution in [0.4, 0.5) is 0 Å². The SMILES string of the molecule is CCc1ccc(OCC(=O)N(Cc2ccc(Cl)cc2)C(C)C(=O)NCC(C)C)cc1. The van der Waals surface area contributed by atoms with E-state index in [1.165, 1.54) is 5.56 Å². The number of rotatable bonds is 10. The molecule has 5 nitrogen and oxygen atoms in total. The highest BCUT2D eigenvalue weighted by molar-refractivity contribution is 6.30. The summed E-state index contributed by atoms with van der Waals surface area (Å²) in [5, 5.41) is 3.53. The van der Waals surface area contributed by atoms with E-state index in [-0.39, 0.29) is 18.4 Å². The number of ether oxygens (including phenoxy) is 1. The predicted octanol–water partition coefficient (Wildman–Crippen LogP) is 4.47. The molecule has 0 aliphatic carbocycles. The van der Waals surface area contributed by atoms with Gasteiger partial charge < -0.3 is 15.0 Å². The first-order valence-corrected chi connectivity index (χ1v) is 10.7. The molecule has 0 radical (unpaired) electrons. The lowest BCUT2D eigenvalue weighted by atomic mass is 10.1. The molecule has 0 bridgehead atoms. The van der Waals surface area contributed by atoms with Crippen LogP contribution in [-0.2, 0) is 22.6 Å². The first-order valence-electron chi connectivity index (χ1n) is 10.3.